The molecule has 0 spiro atoms. The molecule has 0 aliphatic heterocycles. The van der Waals surface area contributed by atoms with Crippen LogP contribution in [0.25, 0.3) is 0 Å². The second-order valence-electron chi connectivity index (χ2n) is 10.0. The summed E-state index contributed by atoms with van der Waals surface area (Å²) in [6.45, 7) is 6.46. The van der Waals surface area contributed by atoms with Crippen molar-refractivity contribution in [2.45, 2.75) is 160 Å². The third-order valence-corrected chi connectivity index (χ3v) is 6.78. The molecule has 5 nitrogen and oxygen atoms in total. The van der Waals surface area contributed by atoms with Gasteiger partial charge in [-0.15, -0.1) is 0 Å². The summed E-state index contributed by atoms with van der Waals surface area (Å²) in [5.74, 6) is -0.856. The molecular formula is C29H55NO4S. The molecule has 2 atom stereocenters. The van der Waals surface area contributed by atoms with Crippen LogP contribution < -0.4 is 5.32 Å². The lowest BCUT2D eigenvalue weighted by Crippen LogP contribution is -2.44. The molecule has 0 bridgehead atoms. The fourth-order valence-electron chi connectivity index (χ4n) is 4.11. The number of ether oxygens (including phenoxy) is 1. The van der Waals surface area contributed by atoms with Gasteiger partial charge < -0.3 is 10.1 Å². The highest BCUT2D eigenvalue weighted by Gasteiger charge is 2.26. The fraction of sp³-hybridized carbons (Fsp3) is 0.897. The van der Waals surface area contributed by atoms with Gasteiger partial charge in [0.15, 0.2) is 0 Å². The Morgan fingerprint density at radius 1 is 0.686 bits per heavy atom. The maximum absolute atomic E-state index is 12.6. The van der Waals surface area contributed by atoms with Crippen LogP contribution in [0.3, 0.4) is 0 Å². The van der Waals surface area contributed by atoms with Gasteiger partial charge in [-0.25, -0.2) is 4.79 Å². The number of carbonyl (C=O) groups excluding carboxylic acids is 3. The predicted octanol–water partition coefficient (Wildman–Crippen LogP) is 7.74. The number of hydrogen-bond donors (Lipinski definition) is 2. The van der Waals surface area contributed by atoms with Crippen molar-refractivity contribution < 1.29 is 19.1 Å². The average molecular weight is 514 g/mol. The van der Waals surface area contributed by atoms with Gasteiger partial charge in [0, 0.05) is 12.8 Å². The molecule has 0 aromatic heterocycles. The van der Waals surface area contributed by atoms with Crippen LogP contribution in [0.15, 0.2) is 0 Å². The van der Waals surface area contributed by atoms with E-state index in [1.54, 1.807) is 6.92 Å². The standard InChI is InChI=1S/C29H55NO4S/c1-4-6-8-10-12-13-14-15-16-18-20-22-28(32)30-26(24-27(31)25(3)35)29(33)34-23-21-19-17-11-9-7-5-2/h25-26,35H,4-24H2,1-3H3,(H,30,32). The summed E-state index contributed by atoms with van der Waals surface area (Å²) in [7, 11) is 0. The first-order valence-corrected chi connectivity index (χ1v) is 15.1. The quantitative estimate of drug-likeness (QED) is 0.0744. The Morgan fingerprint density at radius 3 is 1.57 bits per heavy atom. The van der Waals surface area contributed by atoms with Crippen molar-refractivity contribution in [1.29, 1.82) is 0 Å². The maximum atomic E-state index is 12.6. The number of unbranched alkanes of at least 4 members (excludes halogenated alkanes) is 16. The lowest BCUT2D eigenvalue weighted by Gasteiger charge is -2.18. The normalized spacial score (nSPS) is 12.8. The highest BCUT2D eigenvalue weighted by molar-refractivity contribution is 7.81. The maximum Gasteiger partial charge on any atom is 0.329 e. The number of Topliss-reactive ketones (excluding diaryl/α,β-unsaturated/α-hetero) is 1. The molecule has 0 radical (unpaired) electrons. The van der Waals surface area contributed by atoms with Crippen molar-refractivity contribution in [3.63, 3.8) is 0 Å². The molecular weight excluding hydrogens is 458 g/mol. The minimum Gasteiger partial charge on any atom is -0.464 e. The Kier molecular flexibility index (Phi) is 23.9. The fourth-order valence-corrected chi connectivity index (χ4v) is 4.22. The second-order valence-corrected chi connectivity index (χ2v) is 10.8. The van der Waals surface area contributed by atoms with Crippen LogP contribution in [0.1, 0.15) is 149 Å². The van der Waals surface area contributed by atoms with E-state index in [1.165, 1.54) is 77.0 Å². The minimum atomic E-state index is -0.915. The number of ketones is 1. The summed E-state index contributed by atoms with van der Waals surface area (Å²) in [5, 5.41) is 2.27. The summed E-state index contributed by atoms with van der Waals surface area (Å²) in [4.78, 5) is 37.1. The lowest BCUT2D eigenvalue weighted by molar-refractivity contribution is -0.149. The van der Waals surface area contributed by atoms with Crippen LogP contribution in [0.2, 0.25) is 0 Å². The molecule has 0 aliphatic carbocycles. The van der Waals surface area contributed by atoms with E-state index >= 15 is 0 Å². The Bertz CT molecular complexity index is 539. The van der Waals surface area contributed by atoms with Gasteiger partial charge in [-0.1, -0.05) is 117 Å². The predicted molar refractivity (Wildman–Crippen MR) is 150 cm³/mol. The number of nitrogens with one attached hydrogen (secondary N) is 1. The zero-order valence-corrected chi connectivity index (χ0v) is 24.0. The van der Waals surface area contributed by atoms with Crippen molar-refractivity contribution >= 4 is 30.3 Å². The van der Waals surface area contributed by atoms with Crippen LogP contribution >= 0.6 is 12.6 Å². The van der Waals surface area contributed by atoms with Crippen molar-refractivity contribution in [3.05, 3.63) is 0 Å². The lowest BCUT2D eigenvalue weighted by atomic mass is 10.0. The van der Waals surface area contributed by atoms with Crippen molar-refractivity contribution in [3.8, 4) is 0 Å². The first-order chi connectivity index (χ1) is 16.9. The Hall–Kier alpha value is -1.04. The number of rotatable bonds is 25. The van der Waals surface area contributed by atoms with E-state index in [0.29, 0.717) is 13.0 Å². The molecule has 2 unspecified atom stereocenters. The molecule has 0 aromatic rings. The number of carbonyl (C=O) groups is 3. The van der Waals surface area contributed by atoms with Gasteiger partial charge in [-0.3, -0.25) is 9.59 Å². The van der Waals surface area contributed by atoms with Crippen molar-refractivity contribution in [2.24, 2.45) is 0 Å². The van der Waals surface area contributed by atoms with Crippen LogP contribution in [0.5, 0.6) is 0 Å². The van der Waals surface area contributed by atoms with E-state index in [9.17, 15) is 14.4 Å². The summed E-state index contributed by atoms with van der Waals surface area (Å²) in [5.41, 5.74) is 0. The molecule has 206 valence electrons. The highest BCUT2D eigenvalue weighted by Crippen LogP contribution is 2.13. The van der Waals surface area contributed by atoms with E-state index in [0.717, 1.165) is 38.5 Å². The first kappa shape index (κ1) is 34.0. The van der Waals surface area contributed by atoms with Gasteiger partial charge in [0.25, 0.3) is 0 Å². The molecule has 0 rings (SSSR count). The Morgan fingerprint density at radius 2 is 1.11 bits per heavy atom. The van der Waals surface area contributed by atoms with Crippen LogP contribution in [0.4, 0.5) is 0 Å². The van der Waals surface area contributed by atoms with Crippen molar-refractivity contribution in [1.82, 2.24) is 5.32 Å². The zero-order valence-electron chi connectivity index (χ0n) is 23.1. The number of hydrogen-bond acceptors (Lipinski definition) is 5. The smallest absolute Gasteiger partial charge is 0.329 e. The Balaban J connectivity index is 4.13. The Labute approximate surface area is 221 Å². The molecule has 6 heteroatoms. The molecule has 0 saturated carbocycles. The first-order valence-electron chi connectivity index (χ1n) is 14.6. The van der Waals surface area contributed by atoms with E-state index in [4.69, 9.17) is 4.74 Å². The third-order valence-electron chi connectivity index (χ3n) is 6.49. The minimum absolute atomic E-state index is 0.0650. The summed E-state index contributed by atoms with van der Waals surface area (Å²) in [6, 6.07) is -0.915. The van der Waals surface area contributed by atoms with E-state index in [-0.39, 0.29) is 18.1 Å². The average Bonchev–Trinajstić information content (AvgIpc) is 2.83. The van der Waals surface area contributed by atoms with Gasteiger partial charge in [-0.2, -0.15) is 12.6 Å². The molecule has 0 heterocycles. The topological polar surface area (TPSA) is 72.5 Å². The van der Waals surface area contributed by atoms with Gasteiger partial charge in [0.05, 0.1) is 11.9 Å². The summed E-state index contributed by atoms with van der Waals surface area (Å²) < 4.78 is 5.39. The molecule has 35 heavy (non-hydrogen) atoms. The molecule has 0 aromatic carbocycles. The second kappa shape index (κ2) is 24.6. The number of esters is 1. The third kappa shape index (κ3) is 21.9. The van der Waals surface area contributed by atoms with Crippen LogP contribution in [-0.4, -0.2) is 35.6 Å². The molecule has 0 aliphatic rings. The monoisotopic (exact) mass is 513 g/mol. The van der Waals surface area contributed by atoms with E-state index in [2.05, 4.69) is 31.8 Å². The van der Waals surface area contributed by atoms with Gasteiger partial charge in [0.2, 0.25) is 5.91 Å². The SMILES string of the molecule is CCCCCCCCCCCCCC(=O)NC(CC(=O)C(C)S)C(=O)OCCCCCCCCC. The number of thiol groups is 1. The molecule has 0 fully saturated rings. The molecule has 0 saturated heterocycles. The van der Waals surface area contributed by atoms with Gasteiger partial charge >= 0.3 is 5.97 Å². The van der Waals surface area contributed by atoms with E-state index < -0.39 is 17.3 Å². The molecule has 1 N–H and O–H groups in total. The largest absolute Gasteiger partial charge is 0.464 e. The van der Waals surface area contributed by atoms with Gasteiger partial charge in [-0.05, 0) is 19.8 Å². The summed E-state index contributed by atoms with van der Waals surface area (Å²) in [6.07, 6.45) is 21.7. The summed E-state index contributed by atoms with van der Waals surface area (Å²) >= 11 is 4.17. The molecule has 1 amide bonds. The zero-order chi connectivity index (χ0) is 26.2. The van der Waals surface area contributed by atoms with Crippen LogP contribution in [0, 0.1) is 0 Å². The number of amides is 1. The van der Waals surface area contributed by atoms with Crippen molar-refractivity contribution in [2.75, 3.05) is 6.61 Å². The highest BCUT2D eigenvalue weighted by atomic mass is 32.1. The van der Waals surface area contributed by atoms with Crippen LogP contribution in [-0.2, 0) is 19.1 Å². The van der Waals surface area contributed by atoms with E-state index in [1.807, 2.05) is 0 Å². The van der Waals surface area contributed by atoms with Gasteiger partial charge in [0.1, 0.15) is 11.8 Å².